The third-order valence-electron chi connectivity index (χ3n) is 2.99. The highest BCUT2D eigenvalue weighted by Crippen LogP contribution is 2.15. The molecule has 0 aliphatic carbocycles. The van der Waals surface area contributed by atoms with Gasteiger partial charge >= 0.3 is 0 Å². The Kier molecular flexibility index (Phi) is 3.04. The van der Waals surface area contributed by atoms with Crippen LogP contribution in [0, 0.1) is 0 Å². The number of nitrogens with zero attached hydrogens (tertiary/aromatic N) is 1. The van der Waals surface area contributed by atoms with Crippen molar-refractivity contribution < 1.29 is 0 Å². The van der Waals surface area contributed by atoms with Crippen molar-refractivity contribution in [1.29, 1.82) is 0 Å². The minimum atomic E-state index is 0.718. The number of likely N-dealkylation sites (tertiary alicyclic amines) is 1. The van der Waals surface area contributed by atoms with Gasteiger partial charge in [0.15, 0.2) is 0 Å². The summed E-state index contributed by atoms with van der Waals surface area (Å²) in [6.07, 6.45) is 2.67. The van der Waals surface area contributed by atoms with Crippen LogP contribution in [0.15, 0.2) is 30.3 Å². The first-order valence-corrected chi connectivity index (χ1v) is 5.35. The molecule has 1 N–H and O–H groups in total. The van der Waals surface area contributed by atoms with E-state index in [2.05, 4.69) is 41.5 Å². The van der Waals surface area contributed by atoms with E-state index in [0.29, 0.717) is 0 Å². The lowest BCUT2D eigenvalue weighted by Gasteiger charge is -2.20. The Balaban J connectivity index is 1.82. The molecule has 1 fully saturated rings. The molecule has 1 aliphatic heterocycles. The SMILES string of the molecule is CN1CCCC1CNc1ccccc1. The van der Waals surface area contributed by atoms with Gasteiger partial charge in [-0.3, -0.25) is 0 Å². The molecule has 0 spiro atoms. The van der Waals surface area contributed by atoms with E-state index in [1.807, 2.05) is 6.07 Å². The van der Waals surface area contributed by atoms with Crippen LogP contribution < -0.4 is 5.32 Å². The van der Waals surface area contributed by atoms with Crippen molar-refractivity contribution in [3.63, 3.8) is 0 Å². The van der Waals surface area contributed by atoms with E-state index in [0.717, 1.165) is 12.6 Å². The Morgan fingerprint density at radius 3 is 2.79 bits per heavy atom. The summed E-state index contributed by atoms with van der Waals surface area (Å²) in [5.41, 5.74) is 1.23. The first kappa shape index (κ1) is 9.53. The average molecular weight is 190 g/mol. The maximum absolute atomic E-state index is 3.48. The zero-order chi connectivity index (χ0) is 9.80. The van der Waals surface area contributed by atoms with E-state index >= 15 is 0 Å². The van der Waals surface area contributed by atoms with Gasteiger partial charge in [-0.15, -0.1) is 0 Å². The van der Waals surface area contributed by atoms with Crippen LogP contribution in [0.25, 0.3) is 0 Å². The molecule has 76 valence electrons. The summed E-state index contributed by atoms with van der Waals surface area (Å²) in [5, 5.41) is 3.48. The van der Waals surface area contributed by atoms with Gasteiger partial charge < -0.3 is 10.2 Å². The smallest absolute Gasteiger partial charge is 0.0340 e. The predicted octanol–water partition coefficient (Wildman–Crippen LogP) is 2.19. The van der Waals surface area contributed by atoms with Crippen LogP contribution in [0.4, 0.5) is 5.69 Å². The van der Waals surface area contributed by atoms with E-state index < -0.39 is 0 Å². The van der Waals surface area contributed by atoms with E-state index in [-0.39, 0.29) is 0 Å². The van der Waals surface area contributed by atoms with Crippen LogP contribution in [-0.4, -0.2) is 31.1 Å². The largest absolute Gasteiger partial charge is 0.383 e. The van der Waals surface area contributed by atoms with Crippen LogP contribution in [0.5, 0.6) is 0 Å². The fourth-order valence-corrected chi connectivity index (χ4v) is 2.03. The van der Waals surface area contributed by atoms with Crippen LogP contribution in [-0.2, 0) is 0 Å². The molecule has 1 aliphatic rings. The molecule has 2 rings (SSSR count). The standard InChI is InChI=1S/C12H18N2/c1-14-9-5-8-12(14)10-13-11-6-3-2-4-7-11/h2-4,6-7,12-13H,5,8-10H2,1H3. The van der Waals surface area contributed by atoms with Crippen molar-refractivity contribution in [1.82, 2.24) is 4.90 Å². The van der Waals surface area contributed by atoms with Crippen molar-refractivity contribution in [2.24, 2.45) is 0 Å². The fourth-order valence-electron chi connectivity index (χ4n) is 2.03. The Morgan fingerprint density at radius 2 is 2.14 bits per heavy atom. The monoisotopic (exact) mass is 190 g/mol. The van der Waals surface area contributed by atoms with Crippen molar-refractivity contribution in [3.8, 4) is 0 Å². The highest BCUT2D eigenvalue weighted by atomic mass is 15.2. The van der Waals surface area contributed by atoms with Crippen LogP contribution >= 0.6 is 0 Å². The lowest BCUT2D eigenvalue weighted by Crippen LogP contribution is -2.31. The Hall–Kier alpha value is -1.02. The molecule has 0 bridgehead atoms. The molecule has 1 aromatic rings. The highest BCUT2D eigenvalue weighted by Gasteiger charge is 2.19. The second-order valence-corrected chi connectivity index (χ2v) is 4.02. The summed E-state index contributed by atoms with van der Waals surface area (Å²) < 4.78 is 0. The minimum Gasteiger partial charge on any atom is -0.383 e. The lowest BCUT2D eigenvalue weighted by atomic mass is 10.2. The fraction of sp³-hybridized carbons (Fsp3) is 0.500. The lowest BCUT2D eigenvalue weighted by molar-refractivity contribution is 0.322. The topological polar surface area (TPSA) is 15.3 Å². The van der Waals surface area contributed by atoms with Crippen molar-refractivity contribution >= 4 is 5.69 Å². The van der Waals surface area contributed by atoms with Gasteiger partial charge in [-0.2, -0.15) is 0 Å². The van der Waals surface area contributed by atoms with Crippen molar-refractivity contribution in [2.45, 2.75) is 18.9 Å². The Bertz CT molecular complexity index is 271. The molecule has 0 amide bonds. The second kappa shape index (κ2) is 4.47. The normalized spacial score (nSPS) is 22.5. The summed E-state index contributed by atoms with van der Waals surface area (Å²) >= 11 is 0. The molecule has 2 heteroatoms. The molecule has 0 saturated carbocycles. The quantitative estimate of drug-likeness (QED) is 0.786. The van der Waals surface area contributed by atoms with Crippen molar-refractivity contribution in [2.75, 3.05) is 25.5 Å². The van der Waals surface area contributed by atoms with Crippen LogP contribution in [0.3, 0.4) is 0 Å². The summed E-state index contributed by atoms with van der Waals surface area (Å²) in [4.78, 5) is 2.44. The van der Waals surface area contributed by atoms with Gasteiger partial charge in [0.05, 0.1) is 0 Å². The van der Waals surface area contributed by atoms with Crippen LogP contribution in [0.2, 0.25) is 0 Å². The maximum Gasteiger partial charge on any atom is 0.0340 e. The van der Waals surface area contributed by atoms with Gasteiger partial charge in [0.2, 0.25) is 0 Å². The summed E-state index contributed by atoms with van der Waals surface area (Å²) in [6, 6.07) is 11.1. The van der Waals surface area contributed by atoms with Crippen molar-refractivity contribution in [3.05, 3.63) is 30.3 Å². The number of likely N-dealkylation sites (N-methyl/N-ethyl adjacent to an activating group) is 1. The molecule has 1 heterocycles. The van der Waals surface area contributed by atoms with E-state index in [9.17, 15) is 0 Å². The molecule has 1 aromatic carbocycles. The summed E-state index contributed by atoms with van der Waals surface area (Å²) in [6.45, 7) is 2.32. The molecular weight excluding hydrogens is 172 g/mol. The van der Waals surface area contributed by atoms with E-state index in [4.69, 9.17) is 0 Å². The van der Waals surface area contributed by atoms with Gasteiger partial charge in [-0.05, 0) is 38.6 Å². The van der Waals surface area contributed by atoms with Gasteiger partial charge in [0.25, 0.3) is 0 Å². The Labute approximate surface area is 85.9 Å². The molecule has 2 nitrogen and oxygen atoms in total. The molecule has 1 saturated heterocycles. The van der Waals surface area contributed by atoms with Gasteiger partial charge in [-0.25, -0.2) is 0 Å². The average Bonchev–Trinajstić information content (AvgIpc) is 2.63. The first-order valence-electron chi connectivity index (χ1n) is 5.35. The number of anilines is 1. The summed E-state index contributed by atoms with van der Waals surface area (Å²) in [7, 11) is 2.21. The Morgan fingerprint density at radius 1 is 1.36 bits per heavy atom. The van der Waals surface area contributed by atoms with E-state index in [1.165, 1.54) is 25.1 Å². The van der Waals surface area contributed by atoms with Gasteiger partial charge in [0.1, 0.15) is 0 Å². The molecule has 1 atom stereocenters. The zero-order valence-electron chi connectivity index (χ0n) is 8.74. The van der Waals surface area contributed by atoms with E-state index in [1.54, 1.807) is 0 Å². The molecule has 0 radical (unpaired) electrons. The third-order valence-corrected chi connectivity index (χ3v) is 2.99. The molecule has 0 aromatic heterocycles. The maximum atomic E-state index is 3.48. The number of nitrogens with one attached hydrogen (secondary N) is 1. The number of para-hydroxylation sites is 1. The molecule has 1 unspecified atom stereocenters. The van der Waals surface area contributed by atoms with Gasteiger partial charge in [-0.1, -0.05) is 18.2 Å². The second-order valence-electron chi connectivity index (χ2n) is 4.02. The molecular formula is C12H18N2. The van der Waals surface area contributed by atoms with Crippen LogP contribution in [0.1, 0.15) is 12.8 Å². The summed E-state index contributed by atoms with van der Waals surface area (Å²) in [5.74, 6) is 0. The number of hydrogen-bond donors (Lipinski definition) is 1. The minimum absolute atomic E-state index is 0.718. The number of rotatable bonds is 3. The first-order chi connectivity index (χ1) is 6.86. The predicted molar refractivity (Wildman–Crippen MR) is 60.6 cm³/mol. The van der Waals surface area contributed by atoms with Gasteiger partial charge in [0, 0.05) is 18.3 Å². The number of hydrogen-bond acceptors (Lipinski definition) is 2. The zero-order valence-corrected chi connectivity index (χ0v) is 8.74. The molecule has 14 heavy (non-hydrogen) atoms. The highest BCUT2D eigenvalue weighted by molar-refractivity contribution is 5.42. The third kappa shape index (κ3) is 2.26. The number of benzene rings is 1.